The summed E-state index contributed by atoms with van der Waals surface area (Å²) in [5.41, 5.74) is 0. The fourth-order valence-electron chi connectivity index (χ4n) is 0.0283. The van der Waals surface area contributed by atoms with Crippen molar-refractivity contribution < 1.29 is 0 Å². The Kier molecular flexibility index (Phi) is 12.9. The van der Waals surface area contributed by atoms with Crippen molar-refractivity contribution in [2.24, 2.45) is 0 Å². The van der Waals surface area contributed by atoms with Gasteiger partial charge >= 0.3 is 75.9 Å². The first-order valence-corrected chi connectivity index (χ1v) is 36.3. The van der Waals surface area contributed by atoms with Crippen molar-refractivity contribution in [2.45, 2.75) is 1.84 Å². The van der Waals surface area contributed by atoms with E-state index in [4.69, 9.17) is 0 Å². The zero-order valence-electron chi connectivity index (χ0n) is 2.50. The van der Waals surface area contributed by atoms with Crippen LogP contribution in [-0.4, -0.2) is 74.1 Å². The Morgan fingerprint density at radius 3 is 1.60 bits per heavy atom. The molecular weight excluding hydrogens is 848 g/mol. The number of hydrogen-bond donors (Lipinski definition) is 0. The van der Waals surface area contributed by atoms with Crippen molar-refractivity contribution in [3.05, 3.63) is 0 Å². The van der Waals surface area contributed by atoms with Crippen LogP contribution in [0, 0.1) is 0 Å². The molecule has 5 heavy (non-hydrogen) atoms. The second-order valence-electron chi connectivity index (χ2n) is 0.424. The molecule has 0 amide bonds. The Morgan fingerprint density at radius 2 is 1.60 bits per heavy atom. The fourth-order valence-corrected chi connectivity index (χ4v) is 168. The van der Waals surface area contributed by atoms with Crippen LogP contribution in [0.5, 0.6) is 0 Å². The van der Waals surface area contributed by atoms with Crippen molar-refractivity contribution in [3.8, 4) is 0 Å². The summed E-state index contributed by atoms with van der Waals surface area (Å²) >= 11 is 4.32. The van der Waals surface area contributed by atoms with Crippen molar-refractivity contribution in [1.82, 2.24) is 0 Å². The van der Waals surface area contributed by atoms with Gasteiger partial charge < -0.3 is 0 Å². The Bertz CT molecular complexity index is 32.9. The van der Waals surface area contributed by atoms with Gasteiger partial charge in [-0.25, -0.2) is 0 Å². The Morgan fingerprint density at radius 1 is 1.20 bits per heavy atom. The fraction of sp³-hybridized carbons (Fsp3) is 1.00. The average Bonchev–Trinajstić information content (AvgIpc) is 1.41. The SMILES string of the molecule is [Bi]=[Bi][CH2][Bi]=[Bi]. The normalized spacial score (nSPS) is 6.40. The van der Waals surface area contributed by atoms with Crippen LogP contribution in [-0.2, 0) is 0 Å². The summed E-state index contributed by atoms with van der Waals surface area (Å²) in [4.78, 5) is 0. The van der Waals surface area contributed by atoms with Gasteiger partial charge in [0, 0.05) is 0 Å². The van der Waals surface area contributed by atoms with Crippen LogP contribution in [0.2, 0.25) is 1.84 Å². The average molecular weight is 850 g/mol. The molecule has 0 saturated carbocycles. The molecule has 0 aliphatic heterocycles. The van der Waals surface area contributed by atoms with Crippen molar-refractivity contribution >= 4 is 74.1 Å². The molecule has 0 heterocycles. The molecule has 0 N–H and O–H groups in total. The van der Waals surface area contributed by atoms with Gasteiger partial charge in [0.25, 0.3) is 0 Å². The molecule has 2 radical (unpaired) electrons. The van der Waals surface area contributed by atoms with Crippen LogP contribution in [0.1, 0.15) is 0 Å². The standard InChI is InChI=1S/CH2.4Bi/h1H2;;;;. The van der Waals surface area contributed by atoms with Crippen LogP contribution in [0.25, 0.3) is 0 Å². The van der Waals surface area contributed by atoms with E-state index in [0.29, 0.717) is 35.6 Å². The van der Waals surface area contributed by atoms with Crippen molar-refractivity contribution in [2.75, 3.05) is 0 Å². The summed E-state index contributed by atoms with van der Waals surface area (Å²) in [5, 5.41) is 0. The first-order valence-electron chi connectivity index (χ1n) is 1.03. The van der Waals surface area contributed by atoms with E-state index in [1.807, 2.05) is 1.84 Å². The maximum absolute atomic E-state index is 1.85. The van der Waals surface area contributed by atoms with Gasteiger partial charge in [-0.3, -0.25) is 0 Å². The number of rotatable bonds is 2. The van der Waals surface area contributed by atoms with Crippen LogP contribution in [0.3, 0.4) is 0 Å². The second kappa shape index (κ2) is 7.53. The van der Waals surface area contributed by atoms with Crippen LogP contribution in [0.15, 0.2) is 0 Å². The van der Waals surface area contributed by atoms with Gasteiger partial charge in [0.2, 0.25) is 0 Å². The predicted molar refractivity (Wildman–Crippen MR) is 27.8 cm³/mol. The zero-order chi connectivity index (χ0) is 4.12. The third-order valence-electron chi connectivity index (χ3n) is 0.126. The molecule has 0 unspecified atom stereocenters. The molecule has 0 spiro atoms. The molecule has 26 valence electrons. The van der Waals surface area contributed by atoms with E-state index in [1.165, 1.54) is 0 Å². The summed E-state index contributed by atoms with van der Waals surface area (Å²) in [6.45, 7) is 0. The minimum absolute atomic E-state index is 0.354. The predicted octanol–water partition coefficient (Wildman–Crippen LogP) is -1.06. The van der Waals surface area contributed by atoms with Gasteiger partial charge in [-0.15, -0.1) is 0 Å². The van der Waals surface area contributed by atoms with Crippen LogP contribution in [0.4, 0.5) is 0 Å². The number of hydrogen-bond acceptors (Lipinski definition) is 0. The zero-order valence-corrected chi connectivity index (χ0v) is 16.4. The van der Waals surface area contributed by atoms with E-state index >= 15 is 0 Å². The summed E-state index contributed by atoms with van der Waals surface area (Å²) in [6, 6.07) is 0. The molecule has 0 fully saturated rings. The van der Waals surface area contributed by atoms with E-state index < -0.39 is 0 Å². The van der Waals surface area contributed by atoms with Crippen LogP contribution >= 0.6 is 0 Å². The first kappa shape index (κ1) is 8.53. The summed E-state index contributed by atoms with van der Waals surface area (Å²) < 4.78 is 1.85. The Hall–Kier alpha value is 3.53. The molecule has 0 bridgehead atoms. The molecule has 0 saturated heterocycles. The van der Waals surface area contributed by atoms with E-state index in [2.05, 4.69) is 0 Å². The second-order valence-corrected chi connectivity index (χ2v) is 32.7. The Balaban J connectivity index is 2.65. The molecule has 0 aromatic rings. The maximum atomic E-state index is 1.85. The van der Waals surface area contributed by atoms with Crippen molar-refractivity contribution in [3.63, 3.8) is 0 Å². The van der Waals surface area contributed by atoms with Gasteiger partial charge in [-0.1, -0.05) is 0 Å². The van der Waals surface area contributed by atoms with E-state index in [0.717, 1.165) is 0 Å². The molecule has 0 nitrogen and oxygen atoms in total. The molecule has 0 aliphatic rings. The van der Waals surface area contributed by atoms with Gasteiger partial charge in [0.1, 0.15) is 0 Å². The molecule has 0 rings (SSSR count). The monoisotopic (exact) mass is 850 g/mol. The molecule has 0 atom stereocenters. The molecule has 4 heteroatoms. The van der Waals surface area contributed by atoms with E-state index in [9.17, 15) is 0 Å². The summed E-state index contributed by atoms with van der Waals surface area (Å²) in [7, 11) is 0. The van der Waals surface area contributed by atoms with Gasteiger partial charge in [-0.05, 0) is 0 Å². The minimum atomic E-state index is 0.354. The van der Waals surface area contributed by atoms with Gasteiger partial charge in [-0.2, -0.15) is 0 Å². The molecular formula is CH2Bi4. The van der Waals surface area contributed by atoms with Gasteiger partial charge in [0.05, 0.1) is 0 Å². The van der Waals surface area contributed by atoms with Crippen LogP contribution < -0.4 is 0 Å². The first-order chi connectivity index (χ1) is 2.41. The molecule has 0 aromatic carbocycles. The quantitative estimate of drug-likeness (QED) is 0.312. The van der Waals surface area contributed by atoms with Crippen molar-refractivity contribution in [1.29, 1.82) is 0 Å². The topological polar surface area (TPSA) is 0 Å². The molecule has 0 aliphatic carbocycles. The summed E-state index contributed by atoms with van der Waals surface area (Å²) in [6.07, 6.45) is 0. The third-order valence-corrected chi connectivity index (χ3v) is 85.5. The van der Waals surface area contributed by atoms with E-state index in [-0.39, 0.29) is 0 Å². The van der Waals surface area contributed by atoms with E-state index in [1.54, 1.807) is 38.5 Å². The molecule has 0 aromatic heterocycles. The Labute approximate surface area is 73.4 Å². The third kappa shape index (κ3) is 7.53. The van der Waals surface area contributed by atoms with Gasteiger partial charge in [0.15, 0.2) is 0 Å². The summed E-state index contributed by atoms with van der Waals surface area (Å²) in [5.74, 6) is 0.